The summed E-state index contributed by atoms with van der Waals surface area (Å²) in [6, 6.07) is 0.712. The highest BCUT2D eigenvalue weighted by molar-refractivity contribution is 4.96. The van der Waals surface area contributed by atoms with Crippen LogP contribution in [-0.4, -0.2) is 49.1 Å². The lowest BCUT2D eigenvalue weighted by Gasteiger charge is -2.50. The Kier molecular flexibility index (Phi) is 3.03. The maximum absolute atomic E-state index is 2.47. The highest BCUT2D eigenvalue weighted by Gasteiger charge is 2.40. The average molecular weight is 184 g/mol. The van der Waals surface area contributed by atoms with Gasteiger partial charge in [-0.25, -0.2) is 0 Å². The van der Waals surface area contributed by atoms with Crippen LogP contribution in [0.25, 0.3) is 0 Å². The molecule has 1 rings (SSSR count). The van der Waals surface area contributed by atoms with E-state index in [1.165, 1.54) is 13.0 Å². The van der Waals surface area contributed by atoms with E-state index in [9.17, 15) is 0 Å². The number of hydrogen-bond donors (Lipinski definition) is 0. The molecule has 0 saturated carbocycles. The van der Waals surface area contributed by atoms with Crippen LogP contribution in [0.3, 0.4) is 0 Å². The van der Waals surface area contributed by atoms with Crippen molar-refractivity contribution in [2.75, 3.05) is 27.7 Å². The molecule has 0 radical (unpaired) electrons. The van der Waals surface area contributed by atoms with Crippen LogP contribution in [-0.2, 0) is 0 Å². The maximum atomic E-state index is 2.47. The van der Waals surface area contributed by atoms with Gasteiger partial charge < -0.3 is 9.80 Å². The van der Waals surface area contributed by atoms with E-state index in [0.717, 1.165) is 5.92 Å². The van der Waals surface area contributed by atoms with Gasteiger partial charge >= 0.3 is 0 Å². The third-order valence-corrected chi connectivity index (χ3v) is 4.11. The lowest BCUT2D eigenvalue weighted by atomic mass is 9.77. The highest BCUT2D eigenvalue weighted by Crippen LogP contribution is 2.33. The van der Waals surface area contributed by atoms with Gasteiger partial charge in [-0.2, -0.15) is 0 Å². The summed E-state index contributed by atoms with van der Waals surface area (Å²) in [6.45, 7) is 8.30. The van der Waals surface area contributed by atoms with Crippen molar-refractivity contribution in [2.45, 2.75) is 38.8 Å². The summed E-state index contributed by atoms with van der Waals surface area (Å²) < 4.78 is 0. The second kappa shape index (κ2) is 3.58. The van der Waals surface area contributed by atoms with Gasteiger partial charge in [0.15, 0.2) is 0 Å². The summed E-state index contributed by atoms with van der Waals surface area (Å²) in [5.41, 5.74) is 0.381. The molecule has 0 bridgehead atoms. The van der Waals surface area contributed by atoms with Crippen LogP contribution in [0.15, 0.2) is 0 Å². The molecule has 0 aromatic carbocycles. The Labute approximate surface area is 82.9 Å². The monoisotopic (exact) mass is 184 g/mol. The first kappa shape index (κ1) is 11.0. The predicted molar refractivity (Wildman–Crippen MR) is 58.0 cm³/mol. The molecule has 1 aliphatic heterocycles. The van der Waals surface area contributed by atoms with Crippen molar-refractivity contribution in [3.05, 3.63) is 0 Å². The summed E-state index contributed by atoms with van der Waals surface area (Å²) in [5, 5.41) is 0. The minimum absolute atomic E-state index is 0.381. The molecule has 1 aliphatic rings. The zero-order chi connectivity index (χ0) is 10.2. The van der Waals surface area contributed by atoms with Gasteiger partial charge in [-0.05, 0) is 47.3 Å². The first-order valence-electron chi connectivity index (χ1n) is 5.25. The highest BCUT2D eigenvalue weighted by atomic mass is 15.2. The minimum Gasteiger partial charge on any atom is -0.304 e. The van der Waals surface area contributed by atoms with E-state index in [2.05, 4.69) is 51.7 Å². The summed E-state index contributed by atoms with van der Waals surface area (Å²) in [7, 11) is 6.64. The lowest BCUT2D eigenvalue weighted by molar-refractivity contribution is 0.00200. The molecule has 1 saturated heterocycles. The third-order valence-electron chi connectivity index (χ3n) is 4.11. The largest absolute Gasteiger partial charge is 0.304 e. The van der Waals surface area contributed by atoms with Gasteiger partial charge in [0.25, 0.3) is 0 Å². The fraction of sp³-hybridized carbons (Fsp3) is 1.00. The third kappa shape index (κ3) is 1.89. The van der Waals surface area contributed by atoms with Gasteiger partial charge in [-0.3, -0.25) is 0 Å². The Morgan fingerprint density at radius 1 is 1.31 bits per heavy atom. The van der Waals surface area contributed by atoms with Gasteiger partial charge in [0.1, 0.15) is 0 Å². The van der Waals surface area contributed by atoms with Crippen molar-refractivity contribution >= 4 is 0 Å². The first-order valence-corrected chi connectivity index (χ1v) is 5.25. The Bertz CT molecular complexity index is 179. The van der Waals surface area contributed by atoms with Gasteiger partial charge in [0.2, 0.25) is 0 Å². The van der Waals surface area contributed by atoms with E-state index < -0.39 is 0 Å². The summed E-state index contributed by atoms with van der Waals surface area (Å²) in [6.07, 6.45) is 1.28. The zero-order valence-electron chi connectivity index (χ0n) is 9.96. The minimum atomic E-state index is 0.381. The van der Waals surface area contributed by atoms with Crippen molar-refractivity contribution in [1.29, 1.82) is 0 Å². The van der Waals surface area contributed by atoms with Gasteiger partial charge in [-0.1, -0.05) is 6.92 Å². The molecule has 0 unspecified atom stereocenters. The van der Waals surface area contributed by atoms with Crippen LogP contribution in [0.2, 0.25) is 0 Å². The van der Waals surface area contributed by atoms with Crippen molar-refractivity contribution in [1.82, 2.24) is 9.80 Å². The lowest BCUT2D eigenvalue weighted by Crippen LogP contribution is -2.58. The molecular formula is C11H24N2. The van der Waals surface area contributed by atoms with Crippen LogP contribution in [0.1, 0.15) is 27.2 Å². The molecule has 1 fully saturated rings. The normalized spacial score (nSPS) is 42.7. The molecule has 0 N–H and O–H groups in total. The first-order chi connectivity index (χ1) is 5.88. The van der Waals surface area contributed by atoms with E-state index in [1.807, 2.05) is 0 Å². The Morgan fingerprint density at radius 2 is 1.85 bits per heavy atom. The molecule has 0 amide bonds. The molecule has 0 spiro atoms. The van der Waals surface area contributed by atoms with E-state index in [0.29, 0.717) is 11.6 Å². The molecule has 13 heavy (non-hydrogen) atoms. The van der Waals surface area contributed by atoms with Gasteiger partial charge in [0, 0.05) is 18.1 Å². The van der Waals surface area contributed by atoms with Crippen molar-refractivity contribution in [3.63, 3.8) is 0 Å². The topological polar surface area (TPSA) is 6.48 Å². The second-order valence-electron chi connectivity index (χ2n) is 5.15. The zero-order valence-corrected chi connectivity index (χ0v) is 9.96. The van der Waals surface area contributed by atoms with Crippen molar-refractivity contribution < 1.29 is 0 Å². The van der Waals surface area contributed by atoms with Crippen molar-refractivity contribution in [3.8, 4) is 0 Å². The summed E-state index contributed by atoms with van der Waals surface area (Å²) in [5.74, 6) is 0.753. The quantitative estimate of drug-likeness (QED) is 0.611. The predicted octanol–water partition coefficient (Wildman–Crippen LogP) is 1.67. The van der Waals surface area contributed by atoms with Crippen LogP contribution in [0.4, 0.5) is 0 Å². The maximum Gasteiger partial charge on any atom is 0.0227 e. The van der Waals surface area contributed by atoms with Crippen LogP contribution in [0.5, 0.6) is 0 Å². The van der Waals surface area contributed by atoms with E-state index in [-0.39, 0.29) is 0 Å². The molecule has 0 aromatic heterocycles. The molecule has 1 heterocycles. The Morgan fingerprint density at radius 3 is 2.31 bits per heavy atom. The molecular weight excluding hydrogens is 160 g/mol. The second-order valence-corrected chi connectivity index (χ2v) is 5.15. The summed E-state index contributed by atoms with van der Waals surface area (Å²) >= 11 is 0. The number of rotatable bonds is 1. The fourth-order valence-electron chi connectivity index (χ4n) is 2.39. The van der Waals surface area contributed by atoms with E-state index in [1.54, 1.807) is 0 Å². The molecule has 3 atom stereocenters. The van der Waals surface area contributed by atoms with Gasteiger partial charge in [0.05, 0.1) is 0 Å². The van der Waals surface area contributed by atoms with Gasteiger partial charge in [-0.15, -0.1) is 0 Å². The Balaban J connectivity index is 2.76. The molecule has 0 aliphatic carbocycles. The van der Waals surface area contributed by atoms with Crippen LogP contribution < -0.4 is 0 Å². The molecule has 78 valence electrons. The van der Waals surface area contributed by atoms with Crippen LogP contribution >= 0.6 is 0 Å². The number of nitrogens with zero attached hydrogens (tertiary/aromatic N) is 2. The van der Waals surface area contributed by atoms with Crippen molar-refractivity contribution in [2.24, 2.45) is 5.92 Å². The van der Waals surface area contributed by atoms with E-state index in [4.69, 9.17) is 0 Å². The number of hydrogen-bond acceptors (Lipinski definition) is 2. The molecule has 0 aromatic rings. The number of likely N-dealkylation sites (tertiary alicyclic amines) is 1. The van der Waals surface area contributed by atoms with E-state index >= 15 is 0 Å². The standard InChI is InChI=1S/C11H24N2/c1-9-8-13(6)10(2)7-11(9,3)12(4)5/h9-10H,7-8H2,1-6H3/t9-,10+,11+/m0/s1. The smallest absolute Gasteiger partial charge is 0.0227 e. The van der Waals surface area contributed by atoms with Crippen LogP contribution in [0, 0.1) is 5.92 Å². The summed E-state index contributed by atoms with van der Waals surface area (Å²) in [4.78, 5) is 4.86. The SMILES string of the molecule is C[C@@H]1C[C@@](C)(N(C)C)[C@@H](C)CN1C. The fourth-order valence-corrected chi connectivity index (χ4v) is 2.39. The molecule has 2 heteroatoms. The Hall–Kier alpha value is -0.0800. The molecule has 2 nitrogen and oxygen atoms in total. The average Bonchev–Trinajstić information content (AvgIpc) is 2.01. The number of piperidine rings is 1.